The Kier molecular flexibility index (Phi) is 7.97. The van der Waals surface area contributed by atoms with Crippen molar-refractivity contribution in [2.45, 2.75) is 97.6 Å². The average molecular weight is 253 g/mol. The highest BCUT2D eigenvalue weighted by molar-refractivity contribution is 4.75. The van der Waals surface area contributed by atoms with Crippen LogP contribution in [0.2, 0.25) is 0 Å². The molecular formula is C17H35N. The van der Waals surface area contributed by atoms with Gasteiger partial charge in [0.05, 0.1) is 0 Å². The largest absolute Gasteiger partial charge is 0.312 e. The third kappa shape index (κ3) is 5.73. The van der Waals surface area contributed by atoms with Crippen LogP contribution in [0.5, 0.6) is 0 Å². The molecule has 0 aromatic rings. The van der Waals surface area contributed by atoms with E-state index >= 15 is 0 Å². The predicted molar refractivity (Wildman–Crippen MR) is 81.9 cm³/mol. The van der Waals surface area contributed by atoms with Gasteiger partial charge in [0.1, 0.15) is 0 Å². The van der Waals surface area contributed by atoms with E-state index in [2.05, 4.69) is 33.0 Å². The van der Waals surface area contributed by atoms with Crippen molar-refractivity contribution in [3.05, 3.63) is 0 Å². The molecule has 1 N–H and O–H groups in total. The number of nitrogens with one attached hydrogen (secondary N) is 1. The fourth-order valence-corrected chi connectivity index (χ4v) is 3.53. The zero-order chi connectivity index (χ0) is 13.4. The van der Waals surface area contributed by atoms with Gasteiger partial charge in [0.25, 0.3) is 0 Å². The van der Waals surface area contributed by atoms with Crippen molar-refractivity contribution in [3.8, 4) is 0 Å². The number of rotatable bonds is 8. The molecule has 0 spiro atoms. The smallest absolute Gasteiger partial charge is 0.00413 e. The maximum Gasteiger partial charge on any atom is 0.00413 e. The monoisotopic (exact) mass is 253 g/mol. The van der Waals surface area contributed by atoms with Crippen LogP contribution in [0.3, 0.4) is 0 Å². The van der Waals surface area contributed by atoms with Crippen molar-refractivity contribution in [2.75, 3.05) is 0 Å². The quantitative estimate of drug-likeness (QED) is 0.631. The van der Waals surface area contributed by atoms with Crippen LogP contribution in [0.1, 0.15) is 85.5 Å². The Morgan fingerprint density at radius 1 is 0.889 bits per heavy atom. The molecule has 0 heterocycles. The first-order chi connectivity index (χ1) is 8.67. The maximum atomic E-state index is 3.71. The molecule has 0 saturated heterocycles. The fourth-order valence-electron chi connectivity index (χ4n) is 3.53. The lowest BCUT2D eigenvalue weighted by Gasteiger charge is -2.30. The molecule has 3 atom stereocenters. The predicted octanol–water partition coefficient (Wildman–Crippen LogP) is 5.15. The van der Waals surface area contributed by atoms with Crippen LogP contribution in [-0.2, 0) is 0 Å². The van der Waals surface area contributed by atoms with Crippen molar-refractivity contribution < 1.29 is 0 Å². The molecule has 0 amide bonds. The molecule has 18 heavy (non-hydrogen) atoms. The van der Waals surface area contributed by atoms with Gasteiger partial charge in [-0.15, -0.1) is 0 Å². The SMILES string of the molecule is CCC(CCC(C)N[C@H](C)CC)C1CCCCC1. The Morgan fingerprint density at radius 2 is 1.56 bits per heavy atom. The van der Waals surface area contributed by atoms with E-state index in [0.717, 1.165) is 11.8 Å². The second kappa shape index (κ2) is 8.96. The third-order valence-electron chi connectivity index (χ3n) is 4.99. The molecule has 0 aromatic heterocycles. The van der Waals surface area contributed by atoms with Crippen molar-refractivity contribution in [1.82, 2.24) is 5.32 Å². The van der Waals surface area contributed by atoms with Crippen LogP contribution in [0.15, 0.2) is 0 Å². The average Bonchev–Trinajstić information content (AvgIpc) is 2.40. The van der Waals surface area contributed by atoms with Crippen LogP contribution in [0.4, 0.5) is 0 Å². The Labute approximate surface area is 115 Å². The highest BCUT2D eigenvalue weighted by Crippen LogP contribution is 2.34. The van der Waals surface area contributed by atoms with E-state index in [1.807, 2.05) is 0 Å². The minimum absolute atomic E-state index is 0.676. The molecule has 1 fully saturated rings. The molecule has 1 rings (SSSR count). The van der Waals surface area contributed by atoms with Gasteiger partial charge >= 0.3 is 0 Å². The third-order valence-corrected chi connectivity index (χ3v) is 4.99. The first-order valence-corrected chi connectivity index (χ1v) is 8.43. The fraction of sp³-hybridized carbons (Fsp3) is 1.00. The Hall–Kier alpha value is -0.0400. The molecule has 0 bridgehead atoms. The van der Waals surface area contributed by atoms with Crippen molar-refractivity contribution in [1.29, 1.82) is 0 Å². The van der Waals surface area contributed by atoms with E-state index in [9.17, 15) is 0 Å². The Morgan fingerprint density at radius 3 is 2.11 bits per heavy atom. The molecule has 0 radical (unpaired) electrons. The summed E-state index contributed by atoms with van der Waals surface area (Å²) in [6, 6.07) is 1.37. The molecular weight excluding hydrogens is 218 g/mol. The summed E-state index contributed by atoms with van der Waals surface area (Å²) >= 11 is 0. The van der Waals surface area contributed by atoms with Crippen molar-refractivity contribution >= 4 is 0 Å². The highest BCUT2D eigenvalue weighted by atomic mass is 14.9. The summed E-state index contributed by atoms with van der Waals surface area (Å²) in [7, 11) is 0. The molecule has 1 aliphatic carbocycles. The molecule has 2 unspecified atom stereocenters. The van der Waals surface area contributed by atoms with Gasteiger partial charge in [-0.1, -0.05) is 52.4 Å². The van der Waals surface area contributed by atoms with Gasteiger partial charge < -0.3 is 5.32 Å². The number of hydrogen-bond donors (Lipinski definition) is 1. The maximum absolute atomic E-state index is 3.71. The van der Waals surface area contributed by atoms with Crippen LogP contribution in [0.25, 0.3) is 0 Å². The van der Waals surface area contributed by atoms with Gasteiger partial charge in [0.2, 0.25) is 0 Å². The molecule has 0 aromatic carbocycles. The van der Waals surface area contributed by atoms with E-state index in [0.29, 0.717) is 12.1 Å². The van der Waals surface area contributed by atoms with Crippen LogP contribution in [0, 0.1) is 11.8 Å². The summed E-state index contributed by atoms with van der Waals surface area (Å²) in [5.74, 6) is 2.03. The van der Waals surface area contributed by atoms with Gasteiger partial charge in [0, 0.05) is 12.1 Å². The standard InChI is InChI=1S/C17H35N/c1-5-14(3)18-15(4)12-13-16(6-2)17-10-8-7-9-11-17/h14-18H,5-13H2,1-4H3/t14-,15?,16?/m1/s1. The minimum atomic E-state index is 0.676. The van der Waals surface area contributed by atoms with Gasteiger partial charge in [-0.2, -0.15) is 0 Å². The lowest BCUT2D eigenvalue weighted by molar-refractivity contribution is 0.220. The Balaban J connectivity index is 2.25. The molecule has 1 aliphatic rings. The summed E-state index contributed by atoms with van der Waals surface area (Å²) in [5.41, 5.74) is 0. The van der Waals surface area contributed by atoms with Crippen molar-refractivity contribution in [3.63, 3.8) is 0 Å². The molecule has 1 nitrogen and oxygen atoms in total. The zero-order valence-electron chi connectivity index (χ0n) is 13.2. The first-order valence-electron chi connectivity index (χ1n) is 8.43. The summed E-state index contributed by atoms with van der Waals surface area (Å²) in [6.45, 7) is 9.32. The second-order valence-corrected chi connectivity index (χ2v) is 6.52. The van der Waals surface area contributed by atoms with E-state index in [-0.39, 0.29) is 0 Å². The van der Waals surface area contributed by atoms with Crippen LogP contribution in [-0.4, -0.2) is 12.1 Å². The van der Waals surface area contributed by atoms with E-state index < -0.39 is 0 Å². The van der Waals surface area contributed by atoms with Gasteiger partial charge in [-0.3, -0.25) is 0 Å². The minimum Gasteiger partial charge on any atom is -0.312 e. The summed E-state index contributed by atoms with van der Waals surface area (Å²) in [6.07, 6.45) is 12.9. The zero-order valence-corrected chi connectivity index (χ0v) is 13.2. The van der Waals surface area contributed by atoms with Gasteiger partial charge in [-0.25, -0.2) is 0 Å². The lowest BCUT2D eigenvalue weighted by atomic mass is 9.76. The second-order valence-electron chi connectivity index (χ2n) is 6.52. The Bertz CT molecular complexity index is 196. The normalized spacial score (nSPS) is 22.7. The van der Waals surface area contributed by atoms with Crippen LogP contribution >= 0.6 is 0 Å². The lowest BCUT2D eigenvalue weighted by Crippen LogP contribution is -2.34. The molecule has 0 aliphatic heterocycles. The van der Waals surface area contributed by atoms with Gasteiger partial charge in [0.15, 0.2) is 0 Å². The highest BCUT2D eigenvalue weighted by Gasteiger charge is 2.22. The van der Waals surface area contributed by atoms with Crippen molar-refractivity contribution in [2.24, 2.45) is 11.8 Å². The number of hydrogen-bond acceptors (Lipinski definition) is 1. The summed E-state index contributed by atoms with van der Waals surface area (Å²) in [4.78, 5) is 0. The summed E-state index contributed by atoms with van der Waals surface area (Å²) in [5, 5.41) is 3.71. The van der Waals surface area contributed by atoms with E-state index in [1.165, 1.54) is 57.8 Å². The van der Waals surface area contributed by atoms with E-state index in [4.69, 9.17) is 0 Å². The van der Waals surface area contributed by atoms with E-state index in [1.54, 1.807) is 0 Å². The first kappa shape index (κ1) is 16.0. The van der Waals surface area contributed by atoms with Crippen LogP contribution < -0.4 is 5.32 Å². The van der Waals surface area contributed by atoms with Gasteiger partial charge in [-0.05, 0) is 44.9 Å². The molecule has 1 saturated carbocycles. The molecule has 108 valence electrons. The topological polar surface area (TPSA) is 12.0 Å². The molecule has 1 heteroatoms. The summed E-state index contributed by atoms with van der Waals surface area (Å²) < 4.78 is 0.